The van der Waals surface area contributed by atoms with Gasteiger partial charge in [-0.3, -0.25) is 0 Å². The van der Waals surface area contributed by atoms with E-state index in [9.17, 15) is 9.90 Å². The first kappa shape index (κ1) is 17.6. The summed E-state index contributed by atoms with van der Waals surface area (Å²) >= 11 is 5.83. The van der Waals surface area contributed by atoms with E-state index in [1.54, 1.807) is 24.3 Å². The van der Waals surface area contributed by atoms with Crippen LogP contribution >= 0.6 is 11.6 Å². The minimum absolute atomic E-state index is 0.195. The number of benzene rings is 1. The van der Waals surface area contributed by atoms with E-state index in [-0.39, 0.29) is 11.9 Å². The summed E-state index contributed by atoms with van der Waals surface area (Å²) in [7, 11) is 0. The molecule has 0 fully saturated rings. The zero-order valence-corrected chi connectivity index (χ0v) is 13.2. The summed E-state index contributed by atoms with van der Waals surface area (Å²) in [5, 5.41) is 15.6. The zero-order chi connectivity index (χ0) is 15.7. The summed E-state index contributed by atoms with van der Waals surface area (Å²) in [4.78, 5) is 11.5. The Kier molecular flexibility index (Phi) is 7.93. The van der Waals surface area contributed by atoms with Crippen molar-refractivity contribution in [2.75, 3.05) is 19.7 Å². The predicted molar refractivity (Wildman–Crippen MR) is 83.8 cm³/mol. The van der Waals surface area contributed by atoms with Crippen molar-refractivity contribution in [3.8, 4) is 5.75 Å². The molecule has 1 aromatic rings. The van der Waals surface area contributed by atoms with Crippen molar-refractivity contribution in [2.45, 2.75) is 26.4 Å². The van der Waals surface area contributed by atoms with Crippen LogP contribution in [0.15, 0.2) is 24.3 Å². The summed E-state index contributed by atoms with van der Waals surface area (Å²) in [6.07, 6.45) is 0.154. The molecule has 1 rings (SSSR count). The number of hydrogen-bond acceptors (Lipinski definition) is 3. The molecule has 0 aliphatic carbocycles. The van der Waals surface area contributed by atoms with Gasteiger partial charge in [-0.15, -0.1) is 0 Å². The average molecular weight is 315 g/mol. The third kappa shape index (κ3) is 7.78. The predicted octanol–water partition coefficient (Wildman–Crippen LogP) is 2.42. The van der Waals surface area contributed by atoms with E-state index in [0.717, 1.165) is 0 Å². The number of halogens is 1. The highest BCUT2D eigenvalue weighted by Crippen LogP contribution is 2.16. The van der Waals surface area contributed by atoms with Gasteiger partial charge in [0.15, 0.2) is 0 Å². The van der Waals surface area contributed by atoms with E-state index in [0.29, 0.717) is 36.9 Å². The van der Waals surface area contributed by atoms with E-state index in [4.69, 9.17) is 16.3 Å². The SMILES string of the molecule is CC(C)C(O)CCNC(=O)NCCOc1cccc(Cl)c1. The summed E-state index contributed by atoms with van der Waals surface area (Å²) < 4.78 is 5.44. The Morgan fingerprint density at radius 3 is 2.71 bits per heavy atom. The normalized spacial score (nSPS) is 12.0. The first-order valence-corrected chi connectivity index (χ1v) is 7.45. The van der Waals surface area contributed by atoms with Crippen molar-refractivity contribution >= 4 is 17.6 Å². The molecule has 0 saturated carbocycles. The Hall–Kier alpha value is -1.46. The first-order valence-electron chi connectivity index (χ1n) is 7.07. The minimum atomic E-state index is -0.392. The zero-order valence-electron chi connectivity index (χ0n) is 12.4. The van der Waals surface area contributed by atoms with Gasteiger partial charge in [0.1, 0.15) is 12.4 Å². The lowest BCUT2D eigenvalue weighted by atomic mass is 10.0. The number of urea groups is 1. The van der Waals surface area contributed by atoms with Crippen molar-refractivity contribution in [2.24, 2.45) is 5.92 Å². The Morgan fingerprint density at radius 2 is 2.05 bits per heavy atom. The van der Waals surface area contributed by atoms with Crippen LogP contribution in [0.25, 0.3) is 0 Å². The number of aliphatic hydroxyl groups is 1. The lowest BCUT2D eigenvalue weighted by Crippen LogP contribution is -2.39. The van der Waals surface area contributed by atoms with Crippen LogP contribution in [0, 0.1) is 5.92 Å². The first-order chi connectivity index (χ1) is 9.99. The van der Waals surface area contributed by atoms with Crippen LogP contribution in [0.4, 0.5) is 4.79 Å². The number of hydrogen-bond donors (Lipinski definition) is 3. The van der Waals surface area contributed by atoms with Crippen LogP contribution in [0.2, 0.25) is 5.02 Å². The second-order valence-electron chi connectivity index (χ2n) is 5.09. The van der Waals surface area contributed by atoms with Gasteiger partial charge >= 0.3 is 6.03 Å². The number of carbonyl (C=O) groups excluding carboxylic acids is 1. The van der Waals surface area contributed by atoms with E-state index in [1.807, 2.05) is 13.8 Å². The van der Waals surface area contributed by atoms with Crippen molar-refractivity contribution < 1.29 is 14.6 Å². The molecule has 0 bridgehead atoms. The van der Waals surface area contributed by atoms with Crippen molar-refractivity contribution in [1.29, 1.82) is 0 Å². The van der Waals surface area contributed by atoms with Crippen LogP contribution in [-0.4, -0.2) is 36.9 Å². The third-order valence-electron chi connectivity index (χ3n) is 2.95. The highest BCUT2D eigenvalue weighted by molar-refractivity contribution is 6.30. The molecular weight excluding hydrogens is 292 g/mol. The number of carbonyl (C=O) groups is 1. The number of rotatable bonds is 8. The Bertz CT molecular complexity index is 441. The lowest BCUT2D eigenvalue weighted by molar-refractivity contribution is 0.116. The fourth-order valence-corrected chi connectivity index (χ4v) is 1.80. The molecule has 0 spiro atoms. The van der Waals surface area contributed by atoms with E-state index < -0.39 is 6.10 Å². The van der Waals surface area contributed by atoms with Gasteiger partial charge in [0.2, 0.25) is 0 Å². The molecule has 5 nitrogen and oxygen atoms in total. The van der Waals surface area contributed by atoms with Crippen molar-refractivity contribution in [3.63, 3.8) is 0 Å². The molecule has 0 radical (unpaired) electrons. The Morgan fingerprint density at radius 1 is 1.33 bits per heavy atom. The van der Waals surface area contributed by atoms with E-state index in [2.05, 4.69) is 10.6 Å². The molecule has 3 N–H and O–H groups in total. The number of ether oxygens (including phenoxy) is 1. The van der Waals surface area contributed by atoms with Gasteiger partial charge in [-0.05, 0) is 30.5 Å². The van der Waals surface area contributed by atoms with Gasteiger partial charge in [0, 0.05) is 11.6 Å². The minimum Gasteiger partial charge on any atom is -0.492 e. The van der Waals surface area contributed by atoms with Gasteiger partial charge in [-0.25, -0.2) is 4.79 Å². The summed E-state index contributed by atoms with van der Waals surface area (Å²) in [5.41, 5.74) is 0. The second-order valence-corrected chi connectivity index (χ2v) is 5.52. The fourth-order valence-electron chi connectivity index (χ4n) is 1.62. The number of aliphatic hydroxyl groups excluding tert-OH is 1. The smallest absolute Gasteiger partial charge is 0.314 e. The average Bonchev–Trinajstić information content (AvgIpc) is 2.43. The van der Waals surface area contributed by atoms with Gasteiger partial charge in [-0.2, -0.15) is 0 Å². The van der Waals surface area contributed by atoms with Crippen LogP contribution in [-0.2, 0) is 0 Å². The largest absolute Gasteiger partial charge is 0.492 e. The second kappa shape index (κ2) is 9.47. The molecule has 0 aliphatic rings. The molecule has 6 heteroatoms. The molecule has 2 amide bonds. The molecule has 0 aliphatic heterocycles. The maximum absolute atomic E-state index is 11.5. The Labute approximate surface area is 130 Å². The maximum Gasteiger partial charge on any atom is 0.314 e. The molecule has 0 aromatic heterocycles. The van der Waals surface area contributed by atoms with E-state index >= 15 is 0 Å². The van der Waals surface area contributed by atoms with Crippen LogP contribution in [0.3, 0.4) is 0 Å². The van der Waals surface area contributed by atoms with Gasteiger partial charge in [0.05, 0.1) is 12.6 Å². The maximum atomic E-state index is 11.5. The van der Waals surface area contributed by atoms with Crippen molar-refractivity contribution in [3.05, 3.63) is 29.3 Å². The summed E-state index contributed by atoms with van der Waals surface area (Å²) in [6.45, 7) is 5.09. The number of amides is 2. The lowest BCUT2D eigenvalue weighted by Gasteiger charge is -2.14. The number of nitrogens with one attached hydrogen (secondary N) is 2. The summed E-state index contributed by atoms with van der Waals surface area (Å²) in [5.74, 6) is 0.866. The molecule has 21 heavy (non-hydrogen) atoms. The molecule has 1 unspecified atom stereocenters. The molecule has 1 aromatic carbocycles. The quantitative estimate of drug-likeness (QED) is 0.645. The molecular formula is C15H23ClN2O3. The van der Waals surface area contributed by atoms with Gasteiger partial charge in [0.25, 0.3) is 0 Å². The highest BCUT2D eigenvalue weighted by Gasteiger charge is 2.09. The molecule has 118 valence electrons. The highest BCUT2D eigenvalue weighted by atomic mass is 35.5. The van der Waals surface area contributed by atoms with Gasteiger partial charge < -0.3 is 20.5 Å². The van der Waals surface area contributed by atoms with Gasteiger partial charge in [-0.1, -0.05) is 31.5 Å². The van der Waals surface area contributed by atoms with Crippen LogP contribution in [0.5, 0.6) is 5.75 Å². The monoisotopic (exact) mass is 314 g/mol. The van der Waals surface area contributed by atoms with E-state index in [1.165, 1.54) is 0 Å². The topological polar surface area (TPSA) is 70.6 Å². The molecule has 0 heterocycles. The summed E-state index contributed by atoms with van der Waals surface area (Å²) in [6, 6.07) is 6.83. The molecule has 1 atom stereocenters. The standard InChI is InChI=1S/C15H23ClN2O3/c1-11(2)14(19)6-7-17-15(20)18-8-9-21-13-5-3-4-12(16)10-13/h3-5,10-11,14,19H,6-9H2,1-2H3,(H2,17,18,20). The fraction of sp³-hybridized carbons (Fsp3) is 0.533. The van der Waals surface area contributed by atoms with Crippen LogP contribution < -0.4 is 15.4 Å². The Balaban J connectivity index is 2.08. The van der Waals surface area contributed by atoms with Crippen molar-refractivity contribution in [1.82, 2.24) is 10.6 Å². The van der Waals surface area contributed by atoms with Crippen LogP contribution in [0.1, 0.15) is 20.3 Å². The molecule has 0 saturated heterocycles. The third-order valence-corrected chi connectivity index (χ3v) is 3.18.